The van der Waals surface area contributed by atoms with Gasteiger partial charge < -0.3 is 25.8 Å². The van der Waals surface area contributed by atoms with E-state index in [1.807, 2.05) is 0 Å². The Kier molecular flexibility index (Phi) is 7.80. The molecule has 9 heteroatoms. The van der Waals surface area contributed by atoms with Crippen molar-refractivity contribution < 1.29 is 29.0 Å². The largest absolute Gasteiger partial charge is 0.480 e. The molecule has 21 heavy (non-hydrogen) atoms. The van der Waals surface area contributed by atoms with Gasteiger partial charge in [0.15, 0.2) is 0 Å². The number of amides is 3. The summed E-state index contributed by atoms with van der Waals surface area (Å²) in [5.41, 5.74) is 0. The lowest BCUT2D eigenvalue weighted by Gasteiger charge is -2.18. The molecule has 0 aliphatic heterocycles. The molecule has 4 N–H and O–H groups in total. The molecule has 9 nitrogen and oxygen atoms in total. The zero-order chi connectivity index (χ0) is 16.6. The number of carboxylic acid groups (broad SMARTS) is 1. The number of nitrogens with one attached hydrogen (secondary N) is 3. The summed E-state index contributed by atoms with van der Waals surface area (Å²) in [6.45, 7) is 5.62. The molecule has 0 saturated carbocycles. The van der Waals surface area contributed by atoms with Crippen LogP contribution in [-0.2, 0) is 19.1 Å². The van der Waals surface area contributed by atoms with Crippen molar-refractivity contribution in [1.82, 2.24) is 16.0 Å². The summed E-state index contributed by atoms with van der Waals surface area (Å²) in [6.07, 6.45) is -1.06. The normalized spacial score (nSPS) is 13.0. The topological polar surface area (TPSA) is 134 Å². The molecule has 0 spiro atoms. The molecule has 0 bridgehead atoms. The maximum absolute atomic E-state index is 11.7. The van der Waals surface area contributed by atoms with Crippen LogP contribution in [0, 0.1) is 0 Å². The van der Waals surface area contributed by atoms with Gasteiger partial charge in [-0.05, 0) is 27.7 Å². The van der Waals surface area contributed by atoms with E-state index in [0.29, 0.717) is 0 Å². The van der Waals surface area contributed by atoms with Crippen molar-refractivity contribution in [3.63, 3.8) is 0 Å². The molecular weight excluding hydrogens is 282 g/mol. The van der Waals surface area contributed by atoms with Crippen molar-refractivity contribution in [2.45, 2.75) is 45.9 Å². The fourth-order valence-electron chi connectivity index (χ4n) is 1.21. The van der Waals surface area contributed by atoms with Gasteiger partial charge in [0.1, 0.15) is 18.6 Å². The Morgan fingerprint density at radius 2 is 1.48 bits per heavy atom. The molecule has 0 heterocycles. The average Bonchev–Trinajstić information content (AvgIpc) is 2.34. The van der Waals surface area contributed by atoms with E-state index in [-0.39, 0.29) is 6.10 Å². The monoisotopic (exact) mass is 303 g/mol. The smallest absolute Gasteiger partial charge is 0.408 e. The fraction of sp³-hybridized carbons (Fsp3) is 0.667. The highest BCUT2D eigenvalue weighted by atomic mass is 16.6. The van der Waals surface area contributed by atoms with Crippen molar-refractivity contribution in [3.8, 4) is 0 Å². The SMILES string of the molecule is CC(C)OC(=O)NC(C)C(=O)NC(C)C(=O)NCC(=O)O. The van der Waals surface area contributed by atoms with Crippen LogP contribution in [-0.4, -0.2) is 53.7 Å². The van der Waals surface area contributed by atoms with Gasteiger partial charge in [0.05, 0.1) is 6.10 Å². The van der Waals surface area contributed by atoms with Gasteiger partial charge in [-0.15, -0.1) is 0 Å². The van der Waals surface area contributed by atoms with Crippen LogP contribution < -0.4 is 16.0 Å². The first-order valence-corrected chi connectivity index (χ1v) is 6.40. The lowest BCUT2D eigenvalue weighted by Crippen LogP contribution is -2.52. The second kappa shape index (κ2) is 8.77. The maximum Gasteiger partial charge on any atom is 0.408 e. The van der Waals surface area contributed by atoms with Crippen LogP contribution >= 0.6 is 0 Å². The molecular formula is C12H21N3O6. The van der Waals surface area contributed by atoms with Crippen LogP contribution in [0.2, 0.25) is 0 Å². The molecule has 0 radical (unpaired) electrons. The highest BCUT2D eigenvalue weighted by Gasteiger charge is 2.21. The van der Waals surface area contributed by atoms with E-state index in [1.54, 1.807) is 13.8 Å². The third-order valence-corrected chi connectivity index (χ3v) is 2.24. The first-order chi connectivity index (χ1) is 9.63. The summed E-state index contributed by atoms with van der Waals surface area (Å²) >= 11 is 0. The van der Waals surface area contributed by atoms with E-state index in [2.05, 4.69) is 16.0 Å². The van der Waals surface area contributed by atoms with Gasteiger partial charge in [-0.1, -0.05) is 0 Å². The van der Waals surface area contributed by atoms with Crippen LogP contribution in [0.1, 0.15) is 27.7 Å². The Balaban J connectivity index is 4.24. The minimum atomic E-state index is -1.19. The molecule has 0 fully saturated rings. The van der Waals surface area contributed by atoms with Crippen molar-refractivity contribution in [2.24, 2.45) is 0 Å². The molecule has 0 aromatic carbocycles. The van der Waals surface area contributed by atoms with Crippen LogP contribution in [0.3, 0.4) is 0 Å². The molecule has 0 saturated heterocycles. The lowest BCUT2D eigenvalue weighted by atomic mass is 10.2. The predicted molar refractivity (Wildman–Crippen MR) is 72.5 cm³/mol. The maximum atomic E-state index is 11.7. The molecule has 0 aromatic rings. The molecule has 0 aliphatic carbocycles. The molecule has 3 amide bonds. The zero-order valence-corrected chi connectivity index (χ0v) is 12.4. The van der Waals surface area contributed by atoms with Gasteiger partial charge in [-0.3, -0.25) is 14.4 Å². The van der Waals surface area contributed by atoms with Gasteiger partial charge in [0.25, 0.3) is 0 Å². The molecule has 2 atom stereocenters. The second-order valence-corrected chi connectivity index (χ2v) is 4.66. The molecule has 0 rings (SSSR count). The molecule has 2 unspecified atom stereocenters. The first kappa shape index (κ1) is 18.7. The Labute approximate surface area is 122 Å². The highest BCUT2D eigenvalue weighted by Crippen LogP contribution is 1.92. The van der Waals surface area contributed by atoms with Gasteiger partial charge in [0, 0.05) is 0 Å². The van der Waals surface area contributed by atoms with E-state index >= 15 is 0 Å². The number of aliphatic carboxylic acids is 1. The van der Waals surface area contributed by atoms with Crippen LogP contribution in [0.15, 0.2) is 0 Å². The third kappa shape index (κ3) is 8.45. The highest BCUT2D eigenvalue weighted by molar-refractivity contribution is 5.91. The summed E-state index contributed by atoms with van der Waals surface area (Å²) < 4.78 is 4.81. The van der Waals surface area contributed by atoms with Gasteiger partial charge in [-0.25, -0.2) is 4.79 Å². The summed E-state index contributed by atoms with van der Waals surface area (Å²) in [5, 5.41) is 15.2. The number of carboxylic acids is 1. The number of rotatable bonds is 7. The lowest BCUT2D eigenvalue weighted by molar-refractivity contribution is -0.138. The Bertz CT molecular complexity index is 410. The quantitative estimate of drug-likeness (QED) is 0.487. The number of hydrogen-bond donors (Lipinski definition) is 4. The second-order valence-electron chi connectivity index (χ2n) is 4.66. The number of carbonyl (C=O) groups excluding carboxylic acids is 3. The summed E-state index contributed by atoms with van der Waals surface area (Å²) in [4.78, 5) is 44.8. The van der Waals surface area contributed by atoms with Gasteiger partial charge in [0.2, 0.25) is 11.8 Å². The van der Waals surface area contributed by atoms with Crippen molar-refractivity contribution in [1.29, 1.82) is 0 Å². The fourth-order valence-corrected chi connectivity index (χ4v) is 1.21. The predicted octanol–water partition coefficient (Wildman–Crippen LogP) is -0.785. The van der Waals surface area contributed by atoms with Crippen molar-refractivity contribution in [2.75, 3.05) is 6.54 Å². The minimum absolute atomic E-state index is 0.319. The zero-order valence-electron chi connectivity index (χ0n) is 12.4. The Morgan fingerprint density at radius 3 is 1.95 bits per heavy atom. The molecule has 0 aliphatic rings. The number of carbonyl (C=O) groups is 4. The summed E-state index contributed by atoms with van der Waals surface area (Å²) in [6, 6.07) is -1.83. The number of alkyl carbamates (subject to hydrolysis) is 1. The molecule has 120 valence electrons. The molecule has 0 aromatic heterocycles. The van der Waals surface area contributed by atoms with Crippen LogP contribution in [0.25, 0.3) is 0 Å². The van der Waals surface area contributed by atoms with Crippen molar-refractivity contribution in [3.05, 3.63) is 0 Å². The van der Waals surface area contributed by atoms with E-state index in [4.69, 9.17) is 9.84 Å². The Hall–Kier alpha value is -2.32. The van der Waals surface area contributed by atoms with E-state index < -0.39 is 42.5 Å². The standard InChI is InChI=1S/C12H21N3O6/c1-6(2)21-12(20)15-8(4)11(19)14-7(3)10(18)13-5-9(16)17/h6-8H,5H2,1-4H3,(H,13,18)(H,14,19)(H,15,20)(H,16,17). The van der Waals surface area contributed by atoms with Gasteiger partial charge >= 0.3 is 12.1 Å². The van der Waals surface area contributed by atoms with Crippen molar-refractivity contribution >= 4 is 23.9 Å². The third-order valence-electron chi connectivity index (χ3n) is 2.24. The first-order valence-electron chi connectivity index (χ1n) is 6.40. The van der Waals surface area contributed by atoms with E-state index in [9.17, 15) is 19.2 Å². The summed E-state index contributed by atoms with van der Waals surface area (Å²) in [5.74, 6) is -2.41. The summed E-state index contributed by atoms with van der Waals surface area (Å²) in [7, 11) is 0. The minimum Gasteiger partial charge on any atom is -0.480 e. The van der Waals surface area contributed by atoms with Crippen LogP contribution in [0.5, 0.6) is 0 Å². The van der Waals surface area contributed by atoms with E-state index in [0.717, 1.165) is 0 Å². The Morgan fingerprint density at radius 1 is 0.952 bits per heavy atom. The number of hydrogen-bond acceptors (Lipinski definition) is 5. The van der Waals surface area contributed by atoms with Gasteiger partial charge in [-0.2, -0.15) is 0 Å². The van der Waals surface area contributed by atoms with Crippen LogP contribution in [0.4, 0.5) is 4.79 Å². The number of ether oxygens (including phenoxy) is 1. The average molecular weight is 303 g/mol. The van der Waals surface area contributed by atoms with E-state index in [1.165, 1.54) is 13.8 Å².